The predicted octanol–water partition coefficient (Wildman–Crippen LogP) is 7.06. The van der Waals surface area contributed by atoms with Gasteiger partial charge in [-0.15, -0.1) is 0 Å². The van der Waals surface area contributed by atoms with Crippen LogP contribution in [0.25, 0.3) is 10.8 Å². The molecule has 2 aromatic rings. The van der Waals surface area contributed by atoms with Gasteiger partial charge in [0, 0.05) is 44.9 Å². The highest BCUT2D eigenvalue weighted by Crippen LogP contribution is 2.39. The van der Waals surface area contributed by atoms with Gasteiger partial charge in [0.1, 0.15) is 35.9 Å². The van der Waals surface area contributed by atoms with Crippen molar-refractivity contribution in [1.29, 1.82) is 0 Å². The molecule has 14 unspecified atom stereocenters. The van der Waals surface area contributed by atoms with Gasteiger partial charge in [-0.05, 0) is 118 Å². The molecule has 1 amide bonds. The van der Waals surface area contributed by atoms with Crippen molar-refractivity contribution >= 4 is 34.2 Å². The summed E-state index contributed by atoms with van der Waals surface area (Å²) in [6.07, 6.45) is 3.10. The number of benzene rings is 2. The van der Waals surface area contributed by atoms with Gasteiger partial charge in [-0.3, -0.25) is 14.4 Å². The minimum absolute atomic E-state index is 0.0236. The molecule has 65 heavy (non-hydrogen) atoms. The summed E-state index contributed by atoms with van der Waals surface area (Å²) in [5, 5.41) is 37.4. The van der Waals surface area contributed by atoms with E-state index in [0.717, 1.165) is 16.3 Å². The molecule has 13 nitrogen and oxygen atoms in total. The molecule has 3 fully saturated rings. The van der Waals surface area contributed by atoms with Crippen molar-refractivity contribution in [1.82, 2.24) is 4.90 Å². The van der Waals surface area contributed by atoms with E-state index in [1.54, 1.807) is 13.8 Å². The summed E-state index contributed by atoms with van der Waals surface area (Å²) < 4.78 is 30.7. The van der Waals surface area contributed by atoms with Gasteiger partial charge in [0.25, 0.3) is 11.7 Å². The Kier molecular flexibility index (Phi) is 17.2. The number of esters is 1. The molecule has 3 N–H and O–H groups in total. The summed E-state index contributed by atoms with van der Waals surface area (Å²) in [6.45, 7) is 11.2. The quantitative estimate of drug-likeness (QED) is 0.147. The van der Waals surface area contributed by atoms with Crippen molar-refractivity contribution in [3.8, 4) is 5.75 Å². The molecule has 358 valence electrons. The fourth-order valence-corrected chi connectivity index (χ4v) is 10.7. The van der Waals surface area contributed by atoms with Crippen LogP contribution < -0.4 is 4.74 Å². The maximum atomic E-state index is 14.5. The Morgan fingerprint density at radius 3 is 2.28 bits per heavy atom. The molecule has 4 aliphatic rings. The second-order valence-electron chi connectivity index (χ2n) is 19.5. The second-order valence-corrected chi connectivity index (χ2v) is 19.5. The fourth-order valence-electron chi connectivity index (χ4n) is 10.7. The second kappa shape index (κ2) is 22.2. The van der Waals surface area contributed by atoms with E-state index >= 15 is 0 Å². The van der Waals surface area contributed by atoms with Crippen molar-refractivity contribution in [2.75, 3.05) is 20.8 Å². The maximum Gasteiger partial charge on any atom is 0.329 e. The van der Waals surface area contributed by atoms with Gasteiger partial charge in [-0.2, -0.15) is 0 Å². The van der Waals surface area contributed by atoms with Crippen LogP contribution in [0.4, 0.5) is 0 Å². The number of carbonyl (C=O) groups is 4. The van der Waals surface area contributed by atoms with Crippen LogP contribution in [0.5, 0.6) is 5.75 Å². The number of rotatable bonds is 7. The highest BCUT2D eigenvalue weighted by molar-refractivity contribution is 6.39. The Hall–Kier alpha value is -3.98. The lowest BCUT2D eigenvalue weighted by Crippen LogP contribution is -2.64. The number of aliphatic hydroxyl groups excluding tert-OH is 2. The van der Waals surface area contributed by atoms with Crippen molar-refractivity contribution in [3.63, 3.8) is 0 Å². The smallest absolute Gasteiger partial charge is 0.329 e. The molecule has 6 rings (SSSR count). The normalized spacial score (nSPS) is 37.4. The van der Waals surface area contributed by atoms with E-state index in [1.165, 1.54) is 19.1 Å². The van der Waals surface area contributed by atoms with E-state index < -0.39 is 90.0 Å². The molecular weight excluding hydrogens is 831 g/mol. The van der Waals surface area contributed by atoms with Gasteiger partial charge in [0.15, 0.2) is 0 Å². The first-order chi connectivity index (χ1) is 31.0. The Labute approximate surface area is 384 Å². The van der Waals surface area contributed by atoms with E-state index in [-0.39, 0.29) is 43.4 Å². The number of ketones is 2. The number of hydrogen-bond donors (Lipinski definition) is 3. The summed E-state index contributed by atoms with van der Waals surface area (Å²) in [5.41, 5.74) is 1.62. The third kappa shape index (κ3) is 11.8. The molecular formula is C52H73NO12. The third-order valence-corrected chi connectivity index (χ3v) is 14.6. The molecule has 2 bridgehead atoms. The van der Waals surface area contributed by atoms with Gasteiger partial charge in [0.2, 0.25) is 5.79 Å². The first kappa shape index (κ1) is 50.4. The number of allylic oxidation sites excluding steroid dienone is 3. The molecule has 0 radical (unpaired) electrons. The lowest BCUT2D eigenvalue weighted by molar-refractivity contribution is -0.302. The zero-order valence-electron chi connectivity index (χ0n) is 39.7. The highest BCUT2D eigenvalue weighted by Gasteiger charge is 2.56. The largest absolute Gasteiger partial charge is 0.488 e. The molecule has 0 spiro atoms. The average molecular weight is 904 g/mol. The van der Waals surface area contributed by atoms with Crippen LogP contribution >= 0.6 is 0 Å². The van der Waals surface area contributed by atoms with Gasteiger partial charge in [0.05, 0.1) is 24.4 Å². The Morgan fingerprint density at radius 2 is 1.58 bits per heavy atom. The zero-order valence-corrected chi connectivity index (χ0v) is 39.7. The molecule has 3 heterocycles. The number of Topliss-reactive ketones (excluding diaryl/α,β-unsaturated/α-hetero) is 2. The minimum atomic E-state index is -2.52. The highest BCUT2D eigenvalue weighted by atomic mass is 16.7. The van der Waals surface area contributed by atoms with Crippen LogP contribution in [-0.2, 0) is 38.1 Å². The molecule has 14 atom stereocenters. The SMILES string of the molecule is CCC1/C=C(\C)CC(C)CC(OC)C2OC(O)(C(=O)C(=O)N3CCCCC3C(=O)OC(C(C)=CC3CCC(Oc4ccc5ccccc5c4)C(O)C3)C(C)C(O)CC1=O)C(C)CC2OC. The summed E-state index contributed by atoms with van der Waals surface area (Å²) in [7, 11) is 3.07. The number of hydrogen-bond acceptors (Lipinski definition) is 12. The number of ether oxygens (including phenoxy) is 5. The number of piperidine rings is 1. The first-order valence-electron chi connectivity index (χ1n) is 23.9. The van der Waals surface area contributed by atoms with Crippen LogP contribution in [0.1, 0.15) is 112 Å². The van der Waals surface area contributed by atoms with Crippen LogP contribution in [0.15, 0.2) is 65.8 Å². The average Bonchev–Trinajstić information content (AvgIpc) is 3.29. The van der Waals surface area contributed by atoms with Gasteiger partial charge in [-0.25, -0.2) is 4.79 Å². The van der Waals surface area contributed by atoms with E-state index in [9.17, 15) is 34.5 Å². The number of fused-ring (bicyclic) bond motifs is 4. The number of amides is 1. The number of cyclic esters (lactones) is 1. The predicted molar refractivity (Wildman–Crippen MR) is 246 cm³/mol. The van der Waals surface area contributed by atoms with Crippen molar-refractivity contribution in [2.24, 2.45) is 29.6 Å². The van der Waals surface area contributed by atoms with Gasteiger partial charge in [-0.1, -0.05) is 75.8 Å². The summed E-state index contributed by atoms with van der Waals surface area (Å²) in [6, 6.07) is 12.7. The fraction of sp³-hybridized carbons (Fsp3) is 0.654. The molecule has 13 heteroatoms. The van der Waals surface area contributed by atoms with Crippen LogP contribution in [0.2, 0.25) is 0 Å². The van der Waals surface area contributed by atoms with Crippen molar-refractivity contribution in [2.45, 2.75) is 167 Å². The van der Waals surface area contributed by atoms with E-state index in [0.29, 0.717) is 62.7 Å². The molecule has 1 saturated carbocycles. The van der Waals surface area contributed by atoms with Crippen molar-refractivity contribution in [3.05, 3.63) is 65.8 Å². The molecule has 3 aliphatic heterocycles. The number of aliphatic hydroxyl groups is 3. The topological polar surface area (TPSA) is 178 Å². The molecule has 1 aliphatic carbocycles. The minimum Gasteiger partial charge on any atom is -0.488 e. The standard InChI is InChI=1S/C52H73NO12/c1-9-36-23-30(2)22-31(3)24-45(61-7)48-46(62-8)26-33(5)52(60,65-48)49(57)50(58)53-21-13-12-16-40(53)51(59)64-47(34(6)41(54)29-42(36)55)32(4)25-35-17-20-44(43(56)27-35)63-39-19-18-37-14-10-11-15-38(37)28-39/h10-11,14-15,18-19,23,25,28,31,33-36,40-41,43-48,54,56,60H,9,12-13,16-17,20-22,24,26-27,29H2,1-8H3/b30-23+,32-25?. The number of nitrogens with zero attached hydrogens (tertiary/aromatic N) is 1. The number of carbonyl (C=O) groups excluding carboxylic acids is 4. The molecule has 0 aromatic heterocycles. The third-order valence-electron chi connectivity index (χ3n) is 14.6. The molecule has 2 saturated heterocycles. The van der Waals surface area contributed by atoms with E-state index in [2.05, 4.69) is 6.92 Å². The zero-order chi connectivity index (χ0) is 47.2. The van der Waals surface area contributed by atoms with Gasteiger partial charge < -0.3 is 43.9 Å². The lowest BCUT2D eigenvalue weighted by Gasteiger charge is -2.47. The van der Waals surface area contributed by atoms with Crippen LogP contribution in [-0.4, -0.2) is 119 Å². The van der Waals surface area contributed by atoms with Gasteiger partial charge >= 0.3 is 5.97 Å². The first-order valence-corrected chi connectivity index (χ1v) is 23.9. The lowest BCUT2D eigenvalue weighted by atomic mass is 9.81. The monoisotopic (exact) mass is 904 g/mol. The van der Waals surface area contributed by atoms with Crippen LogP contribution in [0.3, 0.4) is 0 Å². The Bertz CT molecular complexity index is 2050. The Morgan fingerprint density at radius 1 is 0.877 bits per heavy atom. The van der Waals surface area contributed by atoms with Crippen LogP contribution in [0, 0.1) is 29.6 Å². The summed E-state index contributed by atoms with van der Waals surface area (Å²) in [5.74, 6) is -7.07. The van der Waals surface area contributed by atoms with E-state index in [4.69, 9.17) is 23.7 Å². The molecule has 2 aromatic carbocycles. The Balaban J connectivity index is 1.29. The van der Waals surface area contributed by atoms with Crippen molar-refractivity contribution < 1.29 is 58.2 Å². The summed E-state index contributed by atoms with van der Waals surface area (Å²) >= 11 is 0. The maximum absolute atomic E-state index is 14.5. The number of methoxy groups -OCH3 is 2. The van der Waals surface area contributed by atoms with E-state index in [1.807, 2.05) is 75.4 Å². The summed E-state index contributed by atoms with van der Waals surface area (Å²) in [4.78, 5) is 58.3.